The SMILES string of the molecule is CC(C)CS(=O)(=O)N(Cc1ccccc1)[C@@](C)(CCCCNC(=O)OCc1ccccc1)C(=O)O. The molecule has 0 heterocycles. The number of carbonyl (C=O) groups excluding carboxylic acids is 1. The first kappa shape index (κ1) is 28.3. The minimum absolute atomic E-state index is 0.0250. The van der Waals surface area contributed by atoms with Crippen molar-refractivity contribution in [2.24, 2.45) is 5.92 Å². The standard InChI is InChI=1S/C26H36N2O6S/c1-21(2)20-35(32,33)28(18-22-12-6-4-7-13-22)26(3,24(29)30)16-10-11-17-27-25(31)34-19-23-14-8-5-9-15-23/h4-9,12-15,21H,10-11,16-20H2,1-3H3,(H,27,31)(H,29,30)/t26-/m0/s1. The lowest BCUT2D eigenvalue weighted by atomic mass is 9.94. The third-order valence-corrected chi connectivity index (χ3v) is 7.92. The Hall–Kier alpha value is -2.91. The highest BCUT2D eigenvalue weighted by atomic mass is 32.2. The number of carbonyl (C=O) groups is 2. The topological polar surface area (TPSA) is 113 Å². The van der Waals surface area contributed by atoms with E-state index in [1.807, 2.05) is 36.4 Å². The first-order valence-electron chi connectivity index (χ1n) is 11.8. The van der Waals surface area contributed by atoms with Gasteiger partial charge in [-0.05, 0) is 43.2 Å². The average molecular weight is 505 g/mol. The van der Waals surface area contributed by atoms with Gasteiger partial charge in [0.05, 0.1) is 5.75 Å². The van der Waals surface area contributed by atoms with Gasteiger partial charge in [-0.25, -0.2) is 13.2 Å². The van der Waals surface area contributed by atoms with Crippen LogP contribution in [0.1, 0.15) is 51.2 Å². The van der Waals surface area contributed by atoms with E-state index >= 15 is 0 Å². The van der Waals surface area contributed by atoms with E-state index in [-0.39, 0.29) is 31.2 Å². The van der Waals surface area contributed by atoms with Gasteiger partial charge in [0, 0.05) is 13.1 Å². The lowest BCUT2D eigenvalue weighted by molar-refractivity contribution is -0.148. The van der Waals surface area contributed by atoms with Crippen LogP contribution >= 0.6 is 0 Å². The minimum atomic E-state index is -3.85. The van der Waals surface area contributed by atoms with Crippen molar-refractivity contribution in [1.29, 1.82) is 0 Å². The highest BCUT2D eigenvalue weighted by Gasteiger charge is 2.45. The number of rotatable bonds is 14. The number of alkyl carbamates (subject to hydrolysis) is 1. The van der Waals surface area contributed by atoms with Gasteiger partial charge in [0.1, 0.15) is 12.1 Å². The molecule has 0 fully saturated rings. The summed E-state index contributed by atoms with van der Waals surface area (Å²) in [5, 5.41) is 12.8. The zero-order valence-electron chi connectivity index (χ0n) is 20.6. The first-order valence-corrected chi connectivity index (χ1v) is 13.4. The van der Waals surface area contributed by atoms with Crippen LogP contribution in [0.5, 0.6) is 0 Å². The molecule has 192 valence electrons. The molecule has 1 atom stereocenters. The van der Waals surface area contributed by atoms with E-state index in [2.05, 4.69) is 5.32 Å². The van der Waals surface area contributed by atoms with E-state index in [0.29, 0.717) is 19.4 Å². The second-order valence-corrected chi connectivity index (χ2v) is 11.1. The number of benzene rings is 2. The molecule has 0 saturated carbocycles. The monoisotopic (exact) mass is 504 g/mol. The maximum absolute atomic E-state index is 13.3. The molecule has 2 rings (SSSR count). The number of hydrogen-bond acceptors (Lipinski definition) is 5. The van der Waals surface area contributed by atoms with Gasteiger partial charge in [-0.3, -0.25) is 4.79 Å². The molecular formula is C26H36N2O6S. The average Bonchev–Trinajstić information content (AvgIpc) is 2.81. The lowest BCUT2D eigenvalue weighted by Gasteiger charge is -2.37. The summed E-state index contributed by atoms with van der Waals surface area (Å²) in [5.74, 6) is -1.49. The zero-order chi connectivity index (χ0) is 25.9. The van der Waals surface area contributed by atoms with Gasteiger partial charge >= 0.3 is 12.1 Å². The quantitative estimate of drug-likeness (QED) is 0.369. The Balaban J connectivity index is 2.00. The normalized spacial score (nSPS) is 13.4. The largest absolute Gasteiger partial charge is 0.480 e. The molecule has 0 aliphatic heterocycles. The summed E-state index contributed by atoms with van der Waals surface area (Å²) in [5.41, 5.74) is -0.0340. The van der Waals surface area contributed by atoms with E-state index in [4.69, 9.17) is 4.74 Å². The minimum Gasteiger partial charge on any atom is -0.480 e. The summed E-state index contributed by atoms with van der Waals surface area (Å²) >= 11 is 0. The van der Waals surface area contributed by atoms with Gasteiger partial charge < -0.3 is 15.2 Å². The van der Waals surface area contributed by atoms with Crippen LogP contribution in [-0.2, 0) is 32.7 Å². The summed E-state index contributed by atoms with van der Waals surface area (Å²) < 4.78 is 32.8. The molecule has 35 heavy (non-hydrogen) atoms. The molecule has 0 aliphatic carbocycles. The molecule has 0 aliphatic rings. The maximum atomic E-state index is 13.3. The van der Waals surface area contributed by atoms with E-state index in [0.717, 1.165) is 15.4 Å². The summed E-state index contributed by atoms with van der Waals surface area (Å²) in [6, 6.07) is 18.3. The number of aliphatic carboxylic acids is 1. The van der Waals surface area contributed by atoms with Crippen molar-refractivity contribution in [2.75, 3.05) is 12.3 Å². The Morgan fingerprint density at radius 3 is 2.11 bits per heavy atom. The molecule has 0 radical (unpaired) electrons. The Morgan fingerprint density at radius 1 is 1.00 bits per heavy atom. The number of nitrogens with zero attached hydrogens (tertiary/aromatic N) is 1. The highest BCUT2D eigenvalue weighted by molar-refractivity contribution is 7.89. The van der Waals surface area contributed by atoms with Crippen LogP contribution in [-0.4, -0.2) is 47.7 Å². The predicted octanol–water partition coefficient (Wildman–Crippen LogP) is 4.41. The third kappa shape index (κ3) is 8.99. The lowest BCUT2D eigenvalue weighted by Crippen LogP contribution is -2.55. The van der Waals surface area contributed by atoms with Gasteiger partial charge in [-0.15, -0.1) is 0 Å². The molecule has 2 N–H and O–H groups in total. The van der Waals surface area contributed by atoms with Crippen molar-refractivity contribution in [2.45, 2.75) is 58.7 Å². The van der Waals surface area contributed by atoms with Crippen LogP contribution < -0.4 is 5.32 Å². The molecular weight excluding hydrogens is 468 g/mol. The van der Waals surface area contributed by atoms with Crippen molar-refractivity contribution < 1.29 is 27.9 Å². The second-order valence-electron chi connectivity index (χ2n) is 9.19. The van der Waals surface area contributed by atoms with Gasteiger partial charge in [0.2, 0.25) is 10.0 Å². The van der Waals surface area contributed by atoms with Crippen LogP contribution in [0, 0.1) is 5.92 Å². The fourth-order valence-corrected chi connectivity index (χ4v) is 5.89. The molecule has 1 amide bonds. The fraction of sp³-hybridized carbons (Fsp3) is 0.462. The number of carboxylic acid groups (broad SMARTS) is 1. The number of hydrogen-bond donors (Lipinski definition) is 2. The van der Waals surface area contributed by atoms with E-state index in [9.17, 15) is 23.1 Å². The first-order chi connectivity index (χ1) is 16.5. The second kappa shape index (κ2) is 13.3. The Morgan fingerprint density at radius 2 is 1.57 bits per heavy atom. The fourth-order valence-electron chi connectivity index (χ4n) is 3.74. The molecule has 0 saturated heterocycles. The van der Waals surface area contributed by atoms with Gasteiger partial charge in [-0.2, -0.15) is 4.31 Å². The van der Waals surface area contributed by atoms with Crippen molar-refractivity contribution in [3.8, 4) is 0 Å². The number of sulfonamides is 1. The molecule has 2 aromatic rings. The Labute approximate surface area is 208 Å². The van der Waals surface area contributed by atoms with Crippen LogP contribution in [0.3, 0.4) is 0 Å². The van der Waals surface area contributed by atoms with Gasteiger partial charge in [-0.1, -0.05) is 74.5 Å². The summed E-state index contributed by atoms with van der Waals surface area (Å²) in [4.78, 5) is 24.3. The van der Waals surface area contributed by atoms with E-state index in [1.165, 1.54) is 6.92 Å². The van der Waals surface area contributed by atoms with Crippen LogP contribution in [0.25, 0.3) is 0 Å². The number of unbranched alkanes of at least 4 members (excludes halogenated alkanes) is 1. The van der Waals surface area contributed by atoms with E-state index < -0.39 is 27.6 Å². The summed E-state index contributed by atoms with van der Waals surface area (Å²) in [7, 11) is -3.85. The van der Waals surface area contributed by atoms with Crippen molar-refractivity contribution in [3.05, 3.63) is 71.8 Å². The zero-order valence-corrected chi connectivity index (χ0v) is 21.5. The third-order valence-electron chi connectivity index (χ3n) is 5.63. The number of nitrogens with one attached hydrogen (secondary N) is 1. The Bertz CT molecular complexity index is 1040. The molecule has 0 unspecified atom stereocenters. The van der Waals surface area contributed by atoms with E-state index in [1.54, 1.807) is 38.1 Å². The molecule has 8 nitrogen and oxygen atoms in total. The Kier molecular flexibility index (Phi) is 10.7. The van der Waals surface area contributed by atoms with Gasteiger partial charge in [0.15, 0.2) is 0 Å². The predicted molar refractivity (Wildman–Crippen MR) is 135 cm³/mol. The number of carboxylic acids is 1. The number of amides is 1. The van der Waals surface area contributed by atoms with Crippen LogP contribution in [0.4, 0.5) is 4.79 Å². The molecule has 0 aromatic heterocycles. The molecule has 0 bridgehead atoms. The van der Waals surface area contributed by atoms with Crippen molar-refractivity contribution in [3.63, 3.8) is 0 Å². The smallest absolute Gasteiger partial charge is 0.407 e. The molecule has 2 aromatic carbocycles. The van der Waals surface area contributed by atoms with Gasteiger partial charge in [0.25, 0.3) is 0 Å². The molecule has 0 spiro atoms. The maximum Gasteiger partial charge on any atom is 0.407 e. The highest BCUT2D eigenvalue weighted by Crippen LogP contribution is 2.29. The van der Waals surface area contributed by atoms with Crippen molar-refractivity contribution >= 4 is 22.1 Å². The summed E-state index contributed by atoms with van der Waals surface area (Å²) in [6.45, 7) is 5.46. The van der Waals surface area contributed by atoms with Crippen molar-refractivity contribution in [1.82, 2.24) is 9.62 Å². The summed E-state index contributed by atoms with van der Waals surface area (Å²) in [6.07, 6.45) is 0.435. The molecule has 9 heteroatoms. The van der Waals surface area contributed by atoms with Crippen LogP contribution in [0.15, 0.2) is 60.7 Å². The number of ether oxygens (including phenoxy) is 1. The van der Waals surface area contributed by atoms with Crippen LogP contribution in [0.2, 0.25) is 0 Å².